The molecule has 1 aliphatic rings. The summed E-state index contributed by atoms with van der Waals surface area (Å²) in [6.07, 6.45) is 3.74. The van der Waals surface area contributed by atoms with Crippen molar-refractivity contribution >= 4 is 40.6 Å². The number of benzene rings is 2. The fraction of sp³-hybridized carbons (Fsp3) is 0.208. The van der Waals surface area contributed by atoms with Crippen molar-refractivity contribution in [2.75, 3.05) is 36.5 Å². The summed E-state index contributed by atoms with van der Waals surface area (Å²) in [6.45, 7) is 3.42. The average molecular weight is 467 g/mol. The fourth-order valence-corrected chi connectivity index (χ4v) is 4.23. The van der Waals surface area contributed by atoms with Crippen molar-refractivity contribution in [3.63, 3.8) is 0 Å². The molecule has 0 radical (unpaired) electrons. The van der Waals surface area contributed by atoms with Crippen LogP contribution in [0.2, 0.25) is 0 Å². The third kappa shape index (κ3) is 6.32. The van der Waals surface area contributed by atoms with E-state index < -0.39 is 0 Å². The summed E-state index contributed by atoms with van der Waals surface area (Å²) in [6, 6.07) is 18.1. The number of morpholine rings is 1. The van der Waals surface area contributed by atoms with Crippen LogP contribution in [-0.4, -0.2) is 42.2 Å². The maximum atomic E-state index is 11.6. The zero-order chi connectivity index (χ0) is 22.2. The molecule has 2 aromatic carbocycles. The maximum Gasteiger partial charge on any atom is 0.249 e. The molecule has 1 aliphatic heterocycles. The highest BCUT2D eigenvalue weighted by Crippen LogP contribution is 2.27. The number of halogens is 1. The van der Waals surface area contributed by atoms with E-state index in [-0.39, 0.29) is 5.91 Å². The number of carbonyl (C=O) groups excluding carboxylic acids is 1. The minimum absolute atomic E-state index is 0.265. The van der Waals surface area contributed by atoms with E-state index in [1.165, 1.54) is 22.9 Å². The van der Waals surface area contributed by atoms with E-state index in [2.05, 4.69) is 39.5 Å². The molecule has 1 saturated heterocycles. The van der Waals surface area contributed by atoms with E-state index in [9.17, 15) is 4.79 Å². The van der Waals surface area contributed by atoms with E-state index >= 15 is 0 Å². The monoisotopic (exact) mass is 466 g/mol. The molecule has 1 amide bonds. The van der Waals surface area contributed by atoms with Crippen LogP contribution < -0.4 is 10.2 Å². The van der Waals surface area contributed by atoms with Crippen LogP contribution in [0.1, 0.15) is 11.4 Å². The number of aromatic nitrogens is 2. The molecule has 0 unspecified atom stereocenters. The molecule has 0 bridgehead atoms. The van der Waals surface area contributed by atoms with E-state index in [1.54, 1.807) is 18.0 Å². The van der Waals surface area contributed by atoms with E-state index in [0.717, 1.165) is 42.0 Å². The van der Waals surface area contributed by atoms with Gasteiger partial charge in [0.15, 0.2) is 0 Å². The van der Waals surface area contributed by atoms with E-state index in [1.807, 2.05) is 30.3 Å². The predicted molar refractivity (Wildman–Crippen MR) is 128 cm³/mol. The zero-order valence-electron chi connectivity index (χ0n) is 17.4. The van der Waals surface area contributed by atoms with Crippen LogP contribution in [0.3, 0.4) is 0 Å². The first-order valence-corrected chi connectivity index (χ1v) is 11.5. The van der Waals surface area contributed by atoms with Gasteiger partial charge in [0.05, 0.1) is 13.2 Å². The lowest BCUT2D eigenvalue weighted by Crippen LogP contribution is -2.36. The summed E-state index contributed by atoms with van der Waals surface area (Å²) >= 11 is 6.97. The van der Waals surface area contributed by atoms with Gasteiger partial charge in [0.1, 0.15) is 10.9 Å². The van der Waals surface area contributed by atoms with Gasteiger partial charge in [0.2, 0.25) is 5.91 Å². The first-order valence-electron chi connectivity index (χ1n) is 10.3. The van der Waals surface area contributed by atoms with Gasteiger partial charge in [-0.05, 0) is 48.0 Å². The standard InChI is InChI=1S/C24H23ClN4O2S/c25-11-9-23(30)27-19-3-7-21(8-4-19)32-24-10-12-26-22(28-24)17-18-1-5-20(6-2-18)29-13-15-31-16-14-29/h1-12H,13-17H2,(H,27,30)/b11-9+. The number of anilines is 2. The second kappa shape index (κ2) is 11.1. The second-order valence-corrected chi connectivity index (χ2v) is 8.51. The normalized spacial score (nSPS) is 14.0. The number of hydrogen-bond donors (Lipinski definition) is 1. The Balaban J connectivity index is 1.36. The van der Waals surface area contributed by atoms with Crippen LogP contribution in [-0.2, 0) is 16.0 Å². The van der Waals surface area contributed by atoms with Gasteiger partial charge in [0, 0.05) is 53.6 Å². The lowest BCUT2D eigenvalue weighted by atomic mass is 10.1. The Labute approximate surface area is 196 Å². The van der Waals surface area contributed by atoms with Crippen molar-refractivity contribution in [3.8, 4) is 0 Å². The largest absolute Gasteiger partial charge is 0.378 e. The molecule has 3 aromatic rings. The van der Waals surface area contributed by atoms with Gasteiger partial charge in [0.25, 0.3) is 0 Å². The molecule has 164 valence electrons. The molecule has 2 heterocycles. The molecule has 1 aromatic heterocycles. The Morgan fingerprint density at radius 3 is 2.56 bits per heavy atom. The van der Waals surface area contributed by atoms with Crippen molar-refractivity contribution < 1.29 is 9.53 Å². The number of rotatable bonds is 7. The predicted octanol–water partition coefficient (Wildman–Crippen LogP) is 4.75. The number of nitrogens with zero attached hydrogens (tertiary/aromatic N) is 3. The highest BCUT2D eigenvalue weighted by atomic mass is 35.5. The SMILES string of the molecule is O=C(/C=C/Cl)Nc1ccc(Sc2ccnc(Cc3ccc(N4CCOCC4)cc3)n2)cc1. The minimum atomic E-state index is -0.265. The second-order valence-electron chi connectivity index (χ2n) is 7.16. The molecule has 1 N–H and O–H groups in total. The Morgan fingerprint density at radius 1 is 1.09 bits per heavy atom. The van der Waals surface area contributed by atoms with Crippen LogP contribution >= 0.6 is 23.4 Å². The van der Waals surface area contributed by atoms with Crippen molar-refractivity contribution in [1.82, 2.24) is 9.97 Å². The third-order valence-electron chi connectivity index (χ3n) is 4.91. The zero-order valence-corrected chi connectivity index (χ0v) is 19.0. The molecule has 8 heteroatoms. The smallest absolute Gasteiger partial charge is 0.249 e. The number of ether oxygens (including phenoxy) is 1. The summed E-state index contributed by atoms with van der Waals surface area (Å²) in [5.41, 5.74) is 4.29. The number of carbonyl (C=O) groups is 1. The lowest BCUT2D eigenvalue weighted by Gasteiger charge is -2.28. The summed E-state index contributed by atoms with van der Waals surface area (Å²) in [4.78, 5) is 24.1. The van der Waals surface area contributed by atoms with Crippen LogP contribution in [0.15, 0.2) is 82.3 Å². The Bertz CT molecular complexity index is 1070. The van der Waals surface area contributed by atoms with Crippen LogP contribution in [0.5, 0.6) is 0 Å². The number of amides is 1. The quantitative estimate of drug-likeness (QED) is 0.400. The fourth-order valence-electron chi connectivity index (χ4n) is 3.32. The van der Waals surface area contributed by atoms with Gasteiger partial charge in [-0.3, -0.25) is 4.79 Å². The molecule has 0 aliphatic carbocycles. The molecular formula is C24H23ClN4O2S. The summed E-state index contributed by atoms with van der Waals surface area (Å²) in [5.74, 6) is 0.518. The van der Waals surface area contributed by atoms with Crippen molar-refractivity contribution in [1.29, 1.82) is 0 Å². The first kappa shape index (κ1) is 22.3. The van der Waals surface area contributed by atoms with Crippen molar-refractivity contribution in [3.05, 3.63) is 83.8 Å². The maximum absolute atomic E-state index is 11.6. The molecule has 0 atom stereocenters. The number of hydrogen-bond acceptors (Lipinski definition) is 6. The summed E-state index contributed by atoms with van der Waals surface area (Å²) < 4.78 is 5.42. The van der Waals surface area contributed by atoms with Gasteiger partial charge >= 0.3 is 0 Å². The minimum Gasteiger partial charge on any atom is -0.378 e. The first-order chi connectivity index (χ1) is 15.7. The van der Waals surface area contributed by atoms with Gasteiger partial charge in [-0.15, -0.1) is 0 Å². The van der Waals surface area contributed by atoms with Gasteiger partial charge in [-0.1, -0.05) is 35.5 Å². The Kier molecular flexibility index (Phi) is 7.77. The van der Waals surface area contributed by atoms with Gasteiger partial charge in [-0.25, -0.2) is 9.97 Å². The highest BCUT2D eigenvalue weighted by molar-refractivity contribution is 7.99. The van der Waals surface area contributed by atoms with Crippen LogP contribution in [0.4, 0.5) is 11.4 Å². The highest BCUT2D eigenvalue weighted by Gasteiger charge is 2.11. The number of nitrogens with one attached hydrogen (secondary N) is 1. The molecule has 0 saturated carbocycles. The topological polar surface area (TPSA) is 67.4 Å². The molecule has 1 fully saturated rings. The van der Waals surface area contributed by atoms with E-state index in [0.29, 0.717) is 12.1 Å². The molecular weight excluding hydrogens is 444 g/mol. The Morgan fingerprint density at radius 2 is 1.84 bits per heavy atom. The summed E-state index contributed by atoms with van der Waals surface area (Å²) in [5, 5.41) is 3.62. The average Bonchev–Trinajstić information content (AvgIpc) is 2.82. The molecule has 32 heavy (non-hydrogen) atoms. The van der Waals surface area contributed by atoms with Crippen molar-refractivity contribution in [2.24, 2.45) is 0 Å². The van der Waals surface area contributed by atoms with Crippen molar-refractivity contribution in [2.45, 2.75) is 16.3 Å². The van der Waals surface area contributed by atoms with Crippen LogP contribution in [0, 0.1) is 0 Å². The van der Waals surface area contributed by atoms with Crippen LogP contribution in [0.25, 0.3) is 0 Å². The molecule has 4 rings (SSSR count). The molecule has 0 spiro atoms. The van der Waals surface area contributed by atoms with E-state index in [4.69, 9.17) is 21.3 Å². The third-order valence-corrected chi connectivity index (χ3v) is 5.98. The van der Waals surface area contributed by atoms with Gasteiger partial charge < -0.3 is 15.0 Å². The Hall–Kier alpha value is -2.87. The van der Waals surface area contributed by atoms with Gasteiger partial charge in [-0.2, -0.15) is 0 Å². The molecule has 6 nitrogen and oxygen atoms in total. The lowest BCUT2D eigenvalue weighted by molar-refractivity contribution is -0.111. The summed E-state index contributed by atoms with van der Waals surface area (Å²) in [7, 11) is 0.